The molecule has 1 aliphatic rings. The van der Waals surface area contributed by atoms with Gasteiger partial charge in [-0.3, -0.25) is 4.79 Å². The van der Waals surface area contributed by atoms with E-state index >= 15 is 0 Å². The van der Waals surface area contributed by atoms with E-state index in [0.29, 0.717) is 53.1 Å². The Kier molecular flexibility index (Phi) is 6.56. The molecule has 6 aromatic rings. The Hall–Kier alpha value is -4.81. The van der Waals surface area contributed by atoms with Crippen LogP contribution in [0.5, 0.6) is 11.5 Å². The summed E-state index contributed by atoms with van der Waals surface area (Å²) in [5.74, 6) is 2.25. The number of furan rings is 1. The minimum absolute atomic E-state index is 0.0142. The van der Waals surface area contributed by atoms with E-state index in [0.717, 1.165) is 27.3 Å². The van der Waals surface area contributed by atoms with Gasteiger partial charge >= 0.3 is 0 Å². The lowest BCUT2D eigenvalue weighted by Gasteiger charge is -2.34. The highest BCUT2D eigenvalue weighted by Crippen LogP contribution is 2.37. The third-order valence-electron chi connectivity index (χ3n) is 7.16. The van der Waals surface area contributed by atoms with Crippen LogP contribution in [0.25, 0.3) is 38.8 Å². The van der Waals surface area contributed by atoms with Crippen LogP contribution in [-0.4, -0.2) is 68.8 Å². The van der Waals surface area contributed by atoms with Crippen molar-refractivity contribution >= 4 is 34.0 Å². The Balaban J connectivity index is 1.09. The summed E-state index contributed by atoms with van der Waals surface area (Å²) in [4.78, 5) is 28.1. The predicted octanol–water partition coefficient (Wildman–Crippen LogP) is 5.03. The van der Waals surface area contributed by atoms with Crippen LogP contribution < -0.4 is 9.47 Å². The Morgan fingerprint density at radius 2 is 2.00 bits per heavy atom. The highest BCUT2D eigenvalue weighted by molar-refractivity contribution is 7.13. The van der Waals surface area contributed by atoms with Gasteiger partial charge in [-0.1, -0.05) is 12.1 Å². The summed E-state index contributed by atoms with van der Waals surface area (Å²) in [5.41, 5.74) is 4.37. The highest BCUT2D eigenvalue weighted by atomic mass is 32.1. The number of carbonyl (C=O) groups excluding carboxylic acids is 1. The molecule has 5 heterocycles. The topological polar surface area (TPSA) is 117 Å². The number of amides is 1. The zero-order chi connectivity index (χ0) is 28.8. The van der Waals surface area contributed by atoms with E-state index in [4.69, 9.17) is 23.6 Å². The number of imidazole rings is 1. The lowest BCUT2D eigenvalue weighted by Crippen LogP contribution is -2.49. The monoisotopic (exact) mass is 582 g/mol. The van der Waals surface area contributed by atoms with Gasteiger partial charge in [-0.25, -0.2) is 19.5 Å². The molecule has 0 atom stereocenters. The standard InChI is InChI=1S/C30H26N6O5S/c1-17-11-31-30-33-24(12-36(30)34-17)27-10-23-25(8-22(38-3)9-26(23)41-27)40-13-20-16-42-28(32-20)18-4-6-19(7-5-18)29(37)35(2)21-14-39-15-21/h4-12,16,21H,13-15H2,1-3H3. The molecule has 0 spiro atoms. The molecule has 7 rings (SSSR count). The van der Waals surface area contributed by atoms with E-state index in [1.165, 1.54) is 11.3 Å². The number of rotatable bonds is 8. The van der Waals surface area contributed by atoms with E-state index in [-0.39, 0.29) is 18.6 Å². The molecule has 0 N–H and O–H groups in total. The van der Waals surface area contributed by atoms with Gasteiger partial charge in [0.25, 0.3) is 11.7 Å². The second-order valence-corrected chi connectivity index (χ2v) is 10.9. The van der Waals surface area contributed by atoms with Gasteiger partial charge in [0.05, 0.1) is 55.5 Å². The Labute approximate surface area is 244 Å². The number of likely N-dealkylation sites (N-methyl/N-ethyl adjacent to an activating group) is 1. The minimum Gasteiger partial charge on any atom is -0.496 e. The van der Waals surface area contributed by atoms with Crippen LogP contribution in [0.4, 0.5) is 0 Å². The normalized spacial score (nSPS) is 13.4. The van der Waals surface area contributed by atoms with E-state index in [1.807, 2.05) is 61.8 Å². The number of hydrogen-bond donors (Lipinski definition) is 0. The molecule has 0 bridgehead atoms. The van der Waals surface area contributed by atoms with Crippen LogP contribution in [0.3, 0.4) is 0 Å². The number of aryl methyl sites for hydroxylation is 1. The van der Waals surface area contributed by atoms with Crippen LogP contribution in [0.2, 0.25) is 0 Å². The molecule has 0 unspecified atom stereocenters. The number of methoxy groups -OCH3 is 1. The average Bonchev–Trinajstić information content (AvgIpc) is 3.72. The van der Waals surface area contributed by atoms with Gasteiger partial charge in [-0.2, -0.15) is 5.10 Å². The first kappa shape index (κ1) is 26.1. The van der Waals surface area contributed by atoms with Gasteiger partial charge in [0.15, 0.2) is 5.76 Å². The van der Waals surface area contributed by atoms with E-state index in [9.17, 15) is 4.79 Å². The molecule has 0 saturated carbocycles. The zero-order valence-electron chi connectivity index (χ0n) is 23.1. The Morgan fingerprint density at radius 3 is 2.76 bits per heavy atom. The number of nitrogens with zero attached hydrogens (tertiary/aromatic N) is 6. The molecule has 1 fully saturated rings. The molecule has 0 radical (unpaired) electrons. The van der Waals surface area contributed by atoms with Crippen molar-refractivity contribution in [2.24, 2.45) is 0 Å². The van der Waals surface area contributed by atoms with Crippen molar-refractivity contribution in [3.63, 3.8) is 0 Å². The maximum absolute atomic E-state index is 12.7. The van der Waals surface area contributed by atoms with E-state index in [1.54, 1.807) is 28.9 Å². The van der Waals surface area contributed by atoms with Gasteiger partial charge in [-0.05, 0) is 25.1 Å². The maximum Gasteiger partial charge on any atom is 0.254 e. The SMILES string of the molecule is COc1cc(OCc2csc(-c3ccc(C(=O)N(C)C4COC4)cc3)n2)c2cc(-c3cn4nc(C)cnc4n3)oc2c1. The first-order valence-corrected chi connectivity index (χ1v) is 14.2. The molecule has 0 aliphatic carbocycles. The summed E-state index contributed by atoms with van der Waals surface area (Å²) >= 11 is 1.52. The van der Waals surface area contributed by atoms with Gasteiger partial charge < -0.3 is 23.5 Å². The third-order valence-corrected chi connectivity index (χ3v) is 8.10. The molecule has 1 aliphatic heterocycles. The van der Waals surface area contributed by atoms with Gasteiger partial charge in [0.2, 0.25) is 0 Å². The number of ether oxygens (including phenoxy) is 3. The molecule has 4 aromatic heterocycles. The molecule has 11 nitrogen and oxygen atoms in total. The van der Waals surface area contributed by atoms with Crippen molar-refractivity contribution in [2.75, 3.05) is 27.4 Å². The quantitative estimate of drug-likeness (QED) is 0.244. The first-order chi connectivity index (χ1) is 20.4. The van der Waals surface area contributed by atoms with Gasteiger partial charge in [0, 0.05) is 35.7 Å². The fourth-order valence-corrected chi connectivity index (χ4v) is 5.47. The Morgan fingerprint density at radius 1 is 1.17 bits per heavy atom. The summed E-state index contributed by atoms with van der Waals surface area (Å²) in [6.45, 7) is 3.31. The molecular weight excluding hydrogens is 556 g/mol. The zero-order valence-corrected chi connectivity index (χ0v) is 23.9. The number of carbonyl (C=O) groups is 1. The smallest absolute Gasteiger partial charge is 0.254 e. The van der Waals surface area contributed by atoms with Gasteiger partial charge in [0.1, 0.15) is 34.4 Å². The van der Waals surface area contributed by atoms with Crippen LogP contribution >= 0.6 is 11.3 Å². The van der Waals surface area contributed by atoms with Crippen molar-refractivity contribution in [3.8, 4) is 33.5 Å². The fourth-order valence-electron chi connectivity index (χ4n) is 4.66. The molecule has 42 heavy (non-hydrogen) atoms. The minimum atomic E-state index is -0.0142. The summed E-state index contributed by atoms with van der Waals surface area (Å²) in [7, 11) is 3.41. The van der Waals surface area contributed by atoms with Crippen molar-refractivity contribution in [1.82, 2.24) is 29.5 Å². The van der Waals surface area contributed by atoms with Crippen LogP contribution in [0, 0.1) is 6.92 Å². The van der Waals surface area contributed by atoms with Crippen LogP contribution in [-0.2, 0) is 11.3 Å². The van der Waals surface area contributed by atoms with Crippen molar-refractivity contribution < 1.29 is 23.4 Å². The van der Waals surface area contributed by atoms with Crippen molar-refractivity contribution in [1.29, 1.82) is 0 Å². The molecule has 1 amide bonds. The lowest BCUT2D eigenvalue weighted by atomic mass is 10.1. The van der Waals surface area contributed by atoms with Crippen molar-refractivity contribution in [2.45, 2.75) is 19.6 Å². The fraction of sp³-hybridized carbons (Fsp3) is 0.233. The predicted molar refractivity (Wildman–Crippen MR) is 156 cm³/mol. The molecule has 212 valence electrons. The highest BCUT2D eigenvalue weighted by Gasteiger charge is 2.27. The maximum atomic E-state index is 12.7. The number of aromatic nitrogens is 5. The molecule has 2 aromatic carbocycles. The summed E-state index contributed by atoms with van der Waals surface area (Å²) in [6.07, 6.45) is 3.46. The van der Waals surface area contributed by atoms with Gasteiger partial charge in [-0.15, -0.1) is 11.3 Å². The summed E-state index contributed by atoms with van der Waals surface area (Å²) < 4.78 is 24.7. The lowest BCUT2D eigenvalue weighted by molar-refractivity contribution is -0.0467. The number of thiazole rings is 1. The van der Waals surface area contributed by atoms with E-state index in [2.05, 4.69) is 15.1 Å². The summed E-state index contributed by atoms with van der Waals surface area (Å²) in [6, 6.07) is 13.2. The average molecular weight is 583 g/mol. The largest absolute Gasteiger partial charge is 0.496 e. The third kappa shape index (κ3) is 4.84. The van der Waals surface area contributed by atoms with Crippen molar-refractivity contribution in [3.05, 3.63) is 77.2 Å². The first-order valence-electron chi connectivity index (χ1n) is 13.3. The number of hydrogen-bond acceptors (Lipinski definition) is 10. The molecule has 1 saturated heterocycles. The molecular formula is C30H26N6O5S. The molecule has 12 heteroatoms. The van der Waals surface area contributed by atoms with Crippen LogP contribution in [0.1, 0.15) is 21.7 Å². The van der Waals surface area contributed by atoms with Crippen LogP contribution in [0.15, 0.2) is 64.7 Å². The second kappa shape index (κ2) is 10.5. The Bertz CT molecular complexity index is 1920. The van der Waals surface area contributed by atoms with E-state index < -0.39 is 0 Å². The summed E-state index contributed by atoms with van der Waals surface area (Å²) in [5, 5.41) is 8.02. The number of fused-ring (bicyclic) bond motifs is 2. The second-order valence-electron chi connectivity index (χ2n) is 10.0. The number of benzene rings is 2.